The second-order valence-electron chi connectivity index (χ2n) is 14.1. The minimum Gasteiger partial charge on any atom is -0.311 e. The summed E-state index contributed by atoms with van der Waals surface area (Å²) in [5.74, 6) is 0. The fourth-order valence-electron chi connectivity index (χ4n) is 8.78. The molecule has 252 valence electrons. The van der Waals surface area contributed by atoms with Gasteiger partial charge < -0.3 is 9.30 Å². The summed E-state index contributed by atoms with van der Waals surface area (Å²) < 4.78 is 30.1. The lowest BCUT2D eigenvalue weighted by Crippen LogP contribution is -2.17. The number of sulfone groups is 1. The van der Waals surface area contributed by atoms with Crippen LogP contribution >= 0.6 is 0 Å². The van der Waals surface area contributed by atoms with E-state index in [1.54, 1.807) is 0 Å². The molecule has 0 spiro atoms. The highest BCUT2D eigenvalue weighted by molar-refractivity contribution is 7.93. The van der Waals surface area contributed by atoms with Crippen LogP contribution in [-0.4, -0.2) is 18.1 Å². The van der Waals surface area contributed by atoms with Crippen molar-refractivity contribution in [3.63, 3.8) is 0 Å². The van der Waals surface area contributed by atoms with Crippen molar-refractivity contribution in [2.45, 2.75) is 16.6 Å². The van der Waals surface area contributed by atoms with Gasteiger partial charge in [0.2, 0.25) is 0 Å². The predicted octanol–water partition coefficient (Wildman–Crippen LogP) is 12.0. The highest BCUT2D eigenvalue weighted by Gasteiger charge is 2.42. The zero-order chi connectivity index (χ0) is 35.3. The Morgan fingerprint density at radius 3 is 1.87 bits per heavy atom. The lowest BCUT2D eigenvalue weighted by Gasteiger charge is -2.25. The average Bonchev–Trinajstić information content (AvgIpc) is 3.81. The largest absolute Gasteiger partial charge is 0.311 e. The molecule has 0 saturated heterocycles. The molecule has 1 aliphatic carbocycles. The number of hydrogen-bond acceptors (Lipinski definition) is 3. The minimum atomic E-state index is -3.50. The molecule has 2 aliphatic rings. The molecular formula is C48H32N2O2S. The van der Waals surface area contributed by atoms with Gasteiger partial charge in [0.25, 0.3) is 0 Å². The molecule has 5 heteroatoms. The summed E-state index contributed by atoms with van der Waals surface area (Å²) in [5.41, 5.74) is 12.7. The number of para-hydroxylation sites is 4. The van der Waals surface area contributed by atoms with Gasteiger partial charge in [0, 0.05) is 38.6 Å². The third-order valence-corrected chi connectivity index (χ3v) is 13.4. The number of benzene rings is 7. The standard InChI is InChI=1S/C48H32N2O2S/c51-53(52)46-26-21-32(31-18-23-37(24-19-31)49(35-10-3-1-4-11-35)36-12-5-2-6-13-36)29-42(46)43-30-34(22-27-47(43)53)33-20-25-45-41(28-33)40-16-9-15-39-38-14-7-8-17-44(38)50(45)48(39)40/h1-25,27-30,46H,26H2. The number of rotatable bonds is 5. The zero-order valence-corrected chi connectivity index (χ0v) is 29.5. The van der Waals surface area contributed by atoms with Gasteiger partial charge in [-0.3, -0.25) is 0 Å². The van der Waals surface area contributed by atoms with Crippen molar-refractivity contribution in [2.24, 2.45) is 0 Å². The van der Waals surface area contributed by atoms with Crippen LogP contribution in [0.25, 0.3) is 60.4 Å². The van der Waals surface area contributed by atoms with Crippen LogP contribution in [0.5, 0.6) is 0 Å². The van der Waals surface area contributed by atoms with Gasteiger partial charge in [-0.15, -0.1) is 0 Å². The third-order valence-electron chi connectivity index (χ3n) is 11.2. The second-order valence-corrected chi connectivity index (χ2v) is 16.2. The Morgan fingerprint density at radius 1 is 0.528 bits per heavy atom. The zero-order valence-electron chi connectivity index (χ0n) is 28.6. The van der Waals surface area contributed by atoms with E-state index in [-0.39, 0.29) is 0 Å². The summed E-state index contributed by atoms with van der Waals surface area (Å²) in [4.78, 5) is 2.67. The number of allylic oxidation sites excluding steroid dienone is 3. The third kappa shape index (κ3) is 4.44. The van der Waals surface area contributed by atoms with Crippen molar-refractivity contribution in [2.75, 3.05) is 4.90 Å². The monoisotopic (exact) mass is 700 g/mol. The van der Waals surface area contributed by atoms with Crippen LogP contribution in [0.15, 0.2) is 181 Å². The van der Waals surface area contributed by atoms with Gasteiger partial charge in [-0.05, 0) is 113 Å². The lowest BCUT2D eigenvalue weighted by molar-refractivity contribution is 0.592. The molecule has 9 aromatic rings. The summed E-state index contributed by atoms with van der Waals surface area (Å²) in [6.45, 7) is 0. The molecule has 7 aromatic carbocycles. The normalized spacial score (nSPS) is 16.2. The van der Waals surface area contributed by atoms with Crippen LogP contribution < -0.4 is 4.90 Å². The van der Waals surface area contributed by atoms with Crippen LogP contribution in [0, 0.1) is 0 Å². The van der Waals surface area contributed by atoms with Gasteiger partial charge >= 0.3 is 0 Å². The molecule has 3 heterocycles. The molecule has 1 aliphatic heterocycles. The fraction of sp³-hybridized carbons (Fsp3) is 0.0417. The van der Waals surface area contributed by atoms with Crippen LogP contribution in [0.1, 0.15) is 17.5 Å². The van der Waals surface area contributed by atoms with Crippen molar-refractivity contribution in [3.05, 3.63) is 187 Å². The molecule has 0 bridgehead atoms. The number of fused-ring (bicyclic) bond motifs is 9. The average molecular weight is 701 g/mol. The van der Waals surface area contributed by atoms with Crippen molar-refractivity contribution in [3.8, 4) is 11.1 Å². The lowest BCUT2D eigenvalue weighted by atomic mass is 9.89. The first-order chi connectivity index (χ1) is 26.0. The first kappa shape index (κ1) is 30.2. The molecule has 53 heavy (non-hydrogen) atoms. The van der Waals surface area contributed by atoms with Gasteiger partial charge in [0.15, 0.2) is 9.84 Å². The van der Waals surface area contributed by atoms with Gasteiger partial charge in [-0.2, -0.15) is 0 Å². The Hall–Kier alpha value is -6.43. The van der Waals surface area contributed by atoms with Crippen LogP contribution in [-0.2, 0) is 9.84 Å². The number of anilines is 3. The number of hydrogen-bond donors (Lipinski definition) is 0. The van der Waals surface area contributed by atoms with Crippen LogP contribution in [0.4, 0.5) is 17.1 Å². The first-order valence-corrected chi connectivity index (χ1v) is 19.6. The van der Waals surface area contributed by atoms with Crippen LogP contribution in [0.2, 0.25) is 0 Å². The summed E-state index contributed by atoms with van der Waals surface area (Å²) in [5, 5.41) is 4.38. The van der Waals surface area contributed by atoms with E-state index in [2.05, 4.69) is 161 Å². The Bertz CT molecular complexity index is 3050. The quantitative estimate of drug-likeness (QED) is 0.179. The second kappa shape index (κ2) is 11.3. The maximum atomic E-state index is 13.9. The van der Waals surface area contributed by atoms with E-state index in [0.29, 0.717) is 11.3 Å². The van der Waals surface area contributed by atoms with Crippen molar-refractivity contribution >= 4 is 76.1 Å². The maximum absolute atomic E-state index is 13.9. The Labute approximate surface area is 307 Å². The van der Waals surface area contributed by atoms with Gasteiger partial charge in [0.05, 0.1) is 26.7 Å². The smallest absolute Gasteiger partial charge is 0.186 e. The van der Waals surface area contributed by atoms with Gasteiger partial charge in [0.1, 0.15) is 0 Å². The summed E-state index contributed by atoms with van der Waals surface area (Å²) in [7, 11) is -3.50. The summed E-state index contributed by atoms with van der Waals surface area (Å²) >= 11 is 0. The molecule has 0 fully saturated rings. The van der Waals surface area contributed by atoms with Gasteiger partial charge in [-0.1, -0.05) is 103 Å². The topological polar surface area (TPSA) is 41.8 Å². The predicted molar refractivity (Wildman–Crippen MR) is 219 cm³/mol. The van der Waals surface area contributed by atoms with E-state index in [0.717, 1.165) is 50.5 Å². The molecule has 0 N–H and O–H groups in total. The van der Waals surface area contributed by atoms with E-state index in [4.69, 9.17) is 0 Å². The first-order valence-electron chi connectivity index (χ1n) is 18.0. The van der Waals surface area contributed by atoms with E-state index in [1.165, 1.54) is 38.1 Å². The van der Waals surface area contributed by atoms with E-state index >= 15 is 0 Å². The van der Waals surface area contributed by atoms with E-state index in [9.17, 15) is 8.42 Å². The molecular weight excluding hydrogens is 669 g/mol. The van der Waals surface area contributed by atoms with E-state index in [1.807, 2.05) is 24.3 Å². The highest BCUT2D eigenvalue weighted by Crippen LogP contribution is 2.48. The van der Waals surface area contributed by atoms with Crippen molar-refractivity contribution in [1.82, 2.24) is 4.40 Å². The molecule has 0 amide bonds. The molecule has 1 unspecified atom stereocenters. The van der Waals surface area contributed by atoms with Crippen molar-refractivity contribution < 1.29 is 8.42 Å². The Balaban J connectivity index is 0.977. The SMILES string of the molecule is O=S1(=O)c2ccc(-c3ccc4c(c3)c3cccc5c6ccccc6n4c53)cc2C2=CC(c3ccc(N(c4ccccc4)c4ccccc4)cc3)=CCC21. The molecule has 1 atom stereocenters. The van der Waals surface area contributed by atoms with Crippen molar-refractivity contribution in [1.29, 1.82) is 0 Å². The van der Waals surface area contributed by atoms with Crippen LogP contribution in [0.3, 0.4) is 0 Å². The molecule has 2 aromatic heterocycles. The van der Waals surface area contributed by atoms with E-state index < -0.39 is 15.1 Å². The molecule has 4 nitrogen and oxygen atoms in total. The minimum absolute atomic E-state index is 0.428. The highest BCUT2D eigenvalue weighted by atomic mass is 32.2. The maximum Gasteiger partial charge on any atom is 0.186 e. The Kier molecular flexibility index (Phi) is 6.43. The Morgan fingerprint density at radius 2 is 1.11 bits per heavy atom. The summed E-state index contributed by atoms with van der Waals surface area (Å²) in [6.07, 6.45) is 4.63. The molecule has 0 radical (unpaired) electrons. The fourth-order valence-corrected chi connectivity index (χ4v) is 10.7. The molecule has 0 saturated carbocycles. The summed E-state index contributed by atoms with van der Waals surface area (Å²) in [6, 6.07) is 57.0. The number of aromatic nitrogens is 1. The molecule has 11 rings (SSSR count). The number of nitrogens with zero attached hydrogens (tertiary/aromatic N) is 2. The van der Waals surface area contributed by atoms with Gasteiger partial charge in [-0.25, -0.2) is 8.42 Å².